The van der Waals surface area contributed by atoms with Gasteiger partial charge in [-0.2, -0.15) is 0 Å². The molecule has 3 rings (SSSR count). The summed E-state index contributed by atoms with van der Waals surface area (Å²) in [4.78, 5) is 0. The van der Waals surface area contributed by atoms with Gasteiger partial charge >= 0.3 is 0 Å². The highest BCUT2D eigenvalue weighted by atomic mass is 16.3. The fourth-order valence-electron chi connectivity index (χ4n) is 5.03. The molecule has 0 aromatic heterocycles. The van der Waals surface area contributed by atoms with Gasteiger partial charge in [-0.3, -0.25) is 0 Å². The highest BCUT2D eigenvalue weighted by Crippen LogP contribution is 2.79. The van der Waals surface area contributed by atoms with Crippen LogP contribution in [0.1, 0.15) is 40.5 Å². The third-order valence-electron chi connectivity index (χ3n) is 5.84. The first-order chi connectivity index (χ1) is 7.41. The molecule has 2 fully saturated rings. The zero-order valence-corrected chi connectivity index (χ0v) is 10.9. The van der Waals surface area contributed by atoms with Crippen LogP contribution in [0.4, 0.5) is 0 Å². The minimum atomic E-state index is -0.391. The molecule has 6 unspecified atom stereocenters. The lowest BCUT2D eigenvalue weighted by molar-refractivity contribution is 0.0323. The van der Waals surface area contributed by atoms with Crippen LogP contribution in [0.5, 0.6) is 0 Å². The number of fused-ring (bicyclic) bond motifs is 1. The van der Waals surface area contributed by atoms with Gasteiger partial charge in [0.25, 0.3) is 0 Å². The van der Waals surface area contributed by atoms with E-state index in [9.17, 15) is 5.11 Å². The molecule has 0 aliphatic heterocycles. The number of hydrogen-bond donors (Lipinski definition) is 1. The Balaban J connectivity index is 1.97. The van der Waals surface area contributed by atoms with Crippen LogP contribution < -0.4 is 0 Å². The number of rotatable bonds is 1. The molecule has 0 amide bonds. The maximum Gasteiger partial charge on any atom is 0.0656 e. The molecule has 6 atom stereocenters. The molecule has 0 aromatic rings. The smallest absolute Gasteiger partial charge is 0.0656 e. The lowest BCUT2D eigenvalue weighted by Crippen LogP contribution is -2.28. The normalized spacial score (nSPS) is 58.6. The maximum atomic E-state index is 10.5. The third-order valence-corrected chi connectivity index (χ3v) is 5.84. The van der Waals surface area contributed by atoms with E-state index in [1.165, 1.54) is 6.42 Å². The Bertz CT molecular complexity index is 341. The summed E-state index contributed by atoms with van der Waals surface area (Å²) in [5, 5.41) is 10.5. The van der Waals surface area contributed by atoms with Crippen molar-refractivity contribution in [2.24, 2.45) is 35.0 Å². The van der Waals surface area contributed by atoms with Crippen LogP contribution in [0.25, 0.3) is 0 Å². The first-order valence-electron chi connectivity index (χ1n) is 6.82. The van der Waals surface area contributed by atoms with Crippen molar-refractivity contribution >= 4 is 0 Å². The number of hydrogen-bond acceptors (Lipinski definition) is 1. The van der Waals surface area contributed by atoms with Gasteiger partial charge in [-0.1, -0.05) is 32.9 Å². The second-order valence-corrected chi connectivity index (χ2v) is 6.97. The second-order valence-electron chi connectivity index (χ2n) is 6.97. The quantitative estimate of drug-likeness (QED) is 0.673. The highest BCUT2D eigenvalue weighted by Gasteiger charge is 2.77. The van der Waals surface area contributed by atoms with Crippen molar-refractivity contribution in [2.45, 2.75) is 46.1 Å². The van der Waals surface area contributed by atoms with Gasteiger partial charge in [0, 0.05) is 0 Å². The van der Waals surface area contributed by atoms with Crippen LogP contribution in [-0.4, -0.2) is 10.7 Å². The zero-order valence-electron chi connectivity index (χ0n) is 10.9. The van der Waals surface area contributed by atoms with E-state index in [-0.39, 0.29) is 0 Å². The Morgan fingerprint density at radius 3 is 2.56 bits per heavy atom. The molecule has 16 heavy (non-hydrogen) atoms. The fourth-order valence-corrected chi connectivity index (χ4v) is 5.03. The summed E-state index contributed by atoms with van der Waals surface area (Å²) in [6.45, 7) is 9.05. The summed E-state index contributed by atoms with van der Waals surface area (Å²) in [7, 11) is 0. The summed E-state index contributed by atoms with van der Waals surface area (Å²) in [6, 6.07) is 0. The predicted molar refractivity (Wildman–Crippen MR) is 65.9 cm³/mol. The Morgan fingerprint density at radius 1 is 1.25 bits per heavy atom. The zero-order chi connectivity index (χ0) is 11.7. The van der Waals surface area contributed by atoms with E-state index < -0.39 is 5.60 Å². The molecule has 1 spiro atoms. The Hall–Kier alpha value is -0.300. The fraction of sp³-hybridized carbons (Fsp3) is 0.867. The van der Waals surface area contributed by atoms with Crippen LogP contribution >= 0.6 is 0 Å². The monoisotopic (exact) mass is 220 g/mol. The van der Waals surface area contributed by atoms with E-state index in [0.717, 1.165) is 12.3 Å². The largest absolute Gasteiger partial charge is 0.390 e. The van der Waals surface area contributed by atoms with E-state index in [1.54, 1.807) is 0 Å². The predicted octanol–water partition coefficient (Wildman–Crippen LogP) is 3.24. The Kier molecular flexibility index (Phi) is 1.98. The van der Waals surface area contributed by atoms with Crippen molar-refractivity contribution in [3.05, 3.63) is 12.2 Å². The highest BCUT2D eigenvalue weighted by molar-refractivity contribution is 5.31. The van der Waals surface area contributed by atoms with Crippen molar-refractivity contribution in [1.29, 1.82) is 0 Å². The lowest BCUT2D eigenvalue weighted by Gasteiger charge is -2.31. The van der Waals surface area contributed by atoms with Crippen molar-refractivity contribution in [3.63, 3.8) is 0 Å². The maximum absolute atomic E-state index is 10.5. The summed E-state index contributed by atoms with van der Waals surface area (Å²) in [5.41, 5.74) is 0.0747. The molecule has 0 radical (unpaired) electrons. The van der Waals surface area contributed by atoms with Gasteiger partial charge < -0.3 is 5.11 Å². The van der Waals surface area contributed by atoms with Crippen molar-refractivity contribution < 1.29 is 5.11 Å². The van der Waals surface area contributed by atoms with E-state index in [4.69, 9.17) is 0 Å². The molecule has 0 heterocycles. The first kappa shape index (κ1) is 10.8. The van der Waals surface area contributed by atoms with Gasteiger partial charge in [0.1, 0.15) is 0 Å². The summed E-state index contributed by atoms with van der Waals surface area (Å²) < 4.78 is 0. The Labute approximate surface area is 98.9 Å². The molecule has 0 saturated heterocycles. The summed E-state index contributed by atoms with van der Waals surface area (Å²) in [6.07, 6.45) is 7.10. The Morgan fingerprint density at radius 2 is 1.94 bits per heavy atom. The minimum absolute atomic E-state index is 0.391. The number of aliphatic hydroxyl groups is 1. The molecule has 3 aliphatic rings. The standard InChI is InChI=1S/C15H24O/c1-9(2)11-6-5-10(3)15-8-7-14(4,16)13(15)12(11)15/h5-6,9-13,16H,7-8H2,1-4H3. The van der Waals surface area contributed by atoms with Crippen molar-refractivity contribution in [1.82, 2.24) is 0 Å². The summed E-state index contributed by atoms with van der Waals surface area (Å²) in [5.74, 6) is 3.42. The van der Waals surface area contributed by atoms with Gasteiger partial charge in [-0.25, -0.2) is 0 Å². The molecular weight excluding hydrogens is 196 g/mol. The first-order valence-corrected chi connectivity index (χ1v) is 6.82. The van der Waals surface area contributed by atoms with Gasteiger partial charge in [-0.05, 0) is 54.8 Å². The van der Waals surface area contributed by atoms with E-state index >= 15 is 0 Å². The third kappa shape index (κ3) is 1.06. The molecule has 0 aromatic carbocycles. The van der Waals surface area contributed by atoms with Crippen LogP contribution in [-0.2, 0) is 0 Å². The molecular formula is C15H24O. The molecule has 1 heteroatoms. The summed E-state index contributed by atoms with van der Waals surface area (Å²) >= 11 is 0. The topological polar surface area (TPSA) is 20.2 Å². The average Bonchev–Trinajstić information content (AvgIpc) is 2.79. The molecule has 90 valence electrons. The van der Waals surface area contributed by atoms with Gasteiger partial charge in [0.05, 0.1) is 5.60 Å². The lowest BCUT2D eigenvalue weighted by atomic mass is 9.74. The van der Waals surface area contributed by atoms with Crippen LogP contribution in [0.3, 0.4) is 0 Å². The van der Waals surface area contributed by atoms with Crippen molar-refractivity contribution in [2.75, 3.05) is 0 Å². The molecule has 3 aliphatic carbocycles. The average molecular weight is 220 g/mol. The van der Waals surface area contributed by atoms with Crippen molar-refractivity contribution in [3.8, 4) is 0 Å². The molecule has 0 bridgehead atoms. The van der Waals surface area contributed by atoms with Crippen LogP contribution in [0.15, 0.2) is 12.2 Å². The second kappa shape index (κ2) is 2.93. The van der Waals surface area contributed by atoms with Gasteiger partial charge in [0.15, 0.2) is 0 Å². The van der Waals surface area contributed by atoms with E-state index in [0.29, 0.717) is 29.1 Å². The molecule has 1 N–H and O–H groups in total. The SMILES string of the molecule is CC(C)C1C=CC(C)C23CCC(C)(O)C2C13. The minimum Gasteiger partial charge on any atom is -0.390 e. The van der Waals surface area contributed by atoms with E-state index in [2.05, 4.69) is 39.8 Å². The molecule has 1 nitrogen and oxygen atoms in total. The van der Waals surface area contributed by atoms with E-state index in [1.807, 2.05) is 0 Å². The van der Waals surface area contributed by atoms with Crippen LogP contribution in [0.2, 0.25) is 0 Å². The molecule has 2 saturated carbocycles. The van der Waals surface area contributed by atoms with Gasteiger partial charge in [-0.15, -0.1) is 0 Å². The van der Waals surface area contributed by atoms with Crippen LogP contribution in [0, 0.1) is 35.0 Å². The number of allylic oxidation sites excluding steroid dienone is 2. The van der Waals surface area contributed by atoms with Gasteiger partial charge in [0.2, 0.25) is 0 Å².